The van der Waals surface area contributed by atoms with Gasteiger partial charge in [-0.1, -0.05) is 60.7 Å². The second-order valence-corrected chi connectivity index (χ2v) is 6.23. The second kappa shape index (κ2) is 7.77. The summed E-state index contributed by atoms with van der Waals surface area (Å²) in [5.74, 6) is -0.162. The van der Waals surface area contributed by atoms with Crippen molar-refractivity contribution in [2.75, 3.05) is 20.6 Å². The summed E-state index contributed by atoms with van der Waals surface area (Å²) in [6.45, 7) is 0.718. The number of likely N-dealkylation sites (N-methyl/N-ethyl adjacent to an activating group) is 1. The van der Waals surface area contributed by atoms with Crippen molar-refractivity contribution in [1.29, 1.82) is 0 Å². The lowest BCUT2D eigenvalue weighted by Crippen LogP contribution is -2.35. The molecule has 128 valence electrons. The first-order valence-electron chi connectivity index (χ1n) is 8.25. The molecule has 0 saturated heterocycles. The van der Waals surface area contributed by atoms with E-state index in [0.29, 0.717) is 5.69 Å². The molecule has 1 atom stereocenters. The number of aromatic amines is 1. The molecule has 1 amide bonds. The lowest BCUT2D eigenvalue weighted by Gasteiger charge is -2.22. The van der Waals surface area contributed by atoms with Crippen LogP contribution in [0.3, 0.4) is 0 Å². The van der Waals surface area contributed by atoms with Gasteiger partial charge in [0.05, 0.1) is 11.7 Å². The third-order valence-corrected chi connectivity index (χ3v) is 3.95. The predicted octanol–water partition coefficient (Wildman–Crippen LogP) is 3.11. The molecule has 1 heterocycles. The van der Waals surface area contributed by atoms with Gasteiger partial charge in [0.25, 0.3) is 5.91 Å². The minimum absolute atomic E-state index is 0.0906. The molecule has 0 aliphatic heterocycles. The largest absolute Gasteiger partial charge is 0.343 e. The van der Waals surface area contributed by atoms with E-state index in [4.69, 9.17) is 0 Å². The van der Waals surface area contributed by atoms with E-state index in [1.165, 1.54) is 0 Å². The number of amides is 1. The summed E-state index contributed by atoms with van der Waals surface area (Å²) >= 11 is 0. The molecule has 0 saturated carbocycles. The number of carbonyl (C=O) groups is 1. The minimum atomic E-state index is -0.162. The number of benzene rings is 2. The Morgan fingerprint density at radius 3 is 2.36 bits per heavy atom. The predicted molar refractivity (Wildman–Crippen MR) is 99.2 cm³/mol. The Morgan fingerprint density at radius 2 is 1.72 bits per heavy atom. The molecule has 0 bridgehead atoms. The Kier molecular flexibility index (Phi) is 5.26. The molecule has 0 aliphatic rings. The van der Waals surface area contributed by atoms with E-state index in [0.717, 1.165) is 23.4 Å². The Labute approximate surface area is 147 Å². The van der Waals surface area contributed by atoms with Crippen LogP contribution >= 0.6 is 0 Å². The van der Waals surface area contributed by atoms with E-state index >= 15 is 0 Å². The average Bonchev–Trinajstić information content (AvgIpc) is 3.12. The zero-order valence-electron chi connectivity index (χ0n) is 14.4. The summed E-state index contributed by atoms with van der Waals surface area (Å²) in [4.78, 5) is 14.7. The fourth-order valence-electron chi connectivity index (χ4n) is 2.72. The van der Waals surface area contributed by atoms with Crippen molar-refractivity contribution in [2.45, 2.75) is 6.04 Å². The van der Waals surface area contributed by atoms with E-state index in [1.54, 1.807) is 6.07 Å². The first-order chi connectivity index (χ1) is 12.1. The molecular weight excluding hydrogens is 312 g/mol. The second-order valence-electron chi connectivity index (χ2n) is 6.23. The molecule has 0 radical (unpaired) electrons. The van der Waals surface area contributed by atoms with Crippen molar-refractivity contribution >= 4 is 5.91 Å². The standard InChI is InChI=1S/C20H22N4O/c1-24(2)14-19(16-11-7-4-8-12-16)21-20(25)18-13-17(22-23-18)15-9-5-3-6-10-15/h3-13,19H,14H2,1-2H3,(H,21,25)(H,22,23)/t19-/m1/s1. The number of hydrogen-bond donors (Lipinski definition) is 2. The quantitative estimate of drug-likeness (QED) is 0.728. The maximum Gasteiger partial charge on any atom is 0.269 e. The molecule has 0 unspecified atom stereocenters. The summed E-state index contributed by atoms with van der Waals surface area (Å²) in [6, 6.07) is 21.5. The van der Waals surface area contributed by atoms with E-state index in [1.807, 2.05) is 74.8 Å². The van der Waals surface area contributed by atoms with E-state index in [-0.39, 0.29) is 11.9 Å². The van der Waals surface area contributed by atoms with Crippen LogP contribution in [-0.2, 0) is 0 Å². The minimum Gasteiger partial charge on any atom is -0.343 e. The summed E-state index contributed by atoms with van der Waals surface area (Å²) in [5, 5.41) is 10.2. The number of aromatic nitrogens is 2. The number of rotatable bonds is 6. The van der Waals surface area contributed by atoms with Crippen molar-refractivity contribution in [3.8, 4) is 11.3 Å². The molecule has 0 fully saturated rings. The number of carbonyl (C=O) groups excluding carboxylic acids is 1. The van der Waals surface area contributed by atoms with Gasteiger partial charge < -0.3 is 10.2 Å². The van der Waals surface area contributed by atoms with Gasteiger partial charge in [-0.2, -0.15) is 5.10 Å². The lowest BCUT2D eigenvalue weighted by atomic mass is 10.1. The fourth-order valence-corrected chi connectivity index (χ4v) is 2.72. The van der Waals surface area contributed by atoms with Gasteiger partial charge >= 0.3 is 0 Å². The number of hydrogen-bond acceptors (Lipinski definition) is 3. The van der Waals surface area contributed by atoms with E-state index < -0.39 is 0 Å². The summed E-state index contributed by atoms with van der Waals surface area (Å²) in [5.41, 5.74) is 3.27. The Balaban J connectivity index is 1.77. The molecule has 5 nitrogen and oxygen atoms in total. The molecule has 0 aliphatic carbocycles. The van der Waals surface area contributed by atoms with Crippen LogP contribution in [0.2, 0.25) is 0 Å². The van der Waals surface area contributed by atoms with Crippen LogP contribution in [0.15, 0.2) is 66.7 Å². The van der Waals surface area contributed by atoms with Gasteiger partial charge in [-0.3, -0.25) is 9.89 Å². The number of nitrogens with one attached hydrogen (secondary N) is 2. The monoisotopic (exact) mass is 334 g/mol. The summed E-state index contributed by atoms with van der Waals surface area (Å²) in [7, 11) is 3.98. The van der Waals surface area contributed by atoms with Crippen molar-refractivity contribution in [2.24, 2.45) is 0 Å². The van der Waals surface area contributed by atoms with Crippen LogP contribution in [0.1, 0.15) is 22.1 Å². The highest BCUT2D eigenvalue weighted by molar-refractivity contribution is 5.93. The zero-order chi connectivity index (χ0) is 17.6. The van der Waals surface area contributed by atoms with Gasteiger partial charge in [0.15, 0.2) is 0 Å². The topological polar surface area (TPSA) is 61.0 Å². The maximum atomic E-state index is 12.7. The molecule has 5 heteroatoms. The molecule has 1 aromatic heterocycles. The third-order valence-electron chi connectivity index (χ3n) is 3.95. The highest BCUT2D eigenvalue weighted by Crippen LogP contribution is 2.18. The van der Waals surface area contributed by atoms with Gasteiger partial charge in [0.1, 0.15) is 5.69 Å². The number of nitrogens with zero attached hydrogens (tertiary/aromatic N) is 2. The van der Waals surface area contributed by atoms with Gasteiger partial charge in [-0.15, -0.1) is 0 Å². The fraction of sp³-hybridized carbons (Fsp3) is 0.200. The van der Waals surface area contributed by atoms with Crippen LogP contribution < -0.4 is 5.32 Å². The van der Waals surface area contributed by atoms with Crippen LogP contribution in [0, 0.1) is 0 Å². The Bertz CT molecular complexity index is 812. The summed E-state index contributed by atoms with van der Waals surface area (Å²) in [6.07, 6.45) is 0. The molecule has 25 heavy (non-hydrogen) atoms. The van der Waals surface area contributed by atoms with Crippen molar-refractivity contribution < 1.29 is 4.79 Å². The molecule has 0 spiro atoms. The van der Waals surface area contributed by atoms with Crippen LogP contribution in [0.25, 0.3) is 11.3 Å². The Morgan fingerprint density at radius 1 is 1.08 bits per heavy atom. The maximum absolute atomic E-state index is 12.7. The van der Waals surface area contributed by atoms with Crippen LogP contribution in [0.5, 0.6) is 0 Å². The van der Waals surface area contributed by atoms with Crippen LogP contribution in [-0.4, -0.2) is 41.6 Å². The SMILES string of the molecule is CN(C)C[C@@H](NC(=O)c1cc(-c2ccccc2)n[nH]1)c1ccccc1. The summed E-state index contributed by atoms with van der Waals surface area (Å²) < 4.78 is 0. The number of H-pyrrole nitrogens is 1. The molecular formula is C20H22N4O. The van der Waals surface area contributed by atoms with Crippen molar-refractivity contribution in [3.63, 3.8) is 0 Å². The average molecular weight is 334 g/mol. The first-order valence-corrected chi connectivity index (χ1v) is 8.25. The first kappa shape index (κ1) is 16.9. The highest BCUT2D eigenvalue weighted by Gasteiger charge is 2.18. The normalized spacial score (nSPS) is 12.1. The van der Waals surface area contributed by atoms with Crippen molar-refractivity contribution in [3.05, 3.63) is 78.0 Å². The molecule has 3 rings (SSSR count). The van der Waals surface area contributed by atoms with Gasteiger partial charge in [0, 0.05) is 12.1 Å². The van der Waals surface area contributed by atoms with Gasteiger partial charge in [-0.05, 0) is 25.7 Å². The lowest BCUT2D eigenvalue weighted by molar-refractivity contribution is 0.0925. The van der Waals surface area contributed by atoms with Gasteiger partial charge in [-0.25, -0.2) is 0 Å². The molecule has 2 aromatic carbocycles. The van der Waals surface area contributed by atoms with E-state index in [9.17, 15) is 4.79 Å². The molecule has 3 aromatic rings. The molecule has 2 N–H and O–H groups in total. The third kappa shape index (κ3) is 4.33. The highest BCUT2D eigenvalue weighted by atomic mass is 16.2. The Hall–Kier alpha value is -2.92. The smallest absolute Gasteiger partial charge is 0.269 e. The van der Waals surface area contributed by atoms with Crippen molar-refractivity contribution in [1.82, 2.24) is 20.4 Å². The van der Waals surface area contributed by atoms with E-state index in [2.05, 4.69) is 20.4 Å². The van der Waals surface area contributed by atoms with Crippen LogP contribution in [0.4, 0.5) is 0 Å². The van der Waals surface area contributed by atoms with Gasteiger partial charge in [0.2, 0.25) is 0 Å². The zero-order valence-corrected chi connectivity index (χ0v) is 14.4.